The Kier molecular flexibility index (Phi) is 5.11. The van der Waals surface area contributed by atoms with Crippen molar-refractivity contribution in [1.82, 2.24) is 5.43 Å². The molecule has 0 aromatic carbocycles. The van der Waals surface area contributed by atoms with E-state index in [0.29, 0.717) is 0 Å². The molecule has 20 heavy (non-hydrogen) atoms. The fourth-order valence-corrected chi connectivity index (χ4v) is 2.69. The predicted octanol–water partition coefficient (Wildman–Crippen LogP) is 2.37. The lowest BCUT2D eigenvalue weighted by Gasteiger charge is -2.39. The molecule has 1 rings (SSSR count). The second kappa shape index (κ2) is 5.78. The topological polar surface area (TPSA) is 70.6 Å². The highest BCUT2D eigenvalue weighted by molar-refractivity contribution is 7.80. The molecule has 4 N–H and O–H groups in total. The van der Waals surface area contributed by atoms with Gasteiger partial charge < -0.3 is 10.8 Å². The van der Waals surface area contributed by atoms with E-state index >= 15 is 0 Å². The van der Waals surface area contributed by atoms with E-state index in [1.54, 1.807) is 0 Å². The monoisotopic (exact) mass is 355 g/mol. The maximum atomic E-state index is 13.3. The number of alkyl halides is 6. The third-order valence-electron chi connectivity index (χ3n) is 3.01. The first kappa shape index (κ1) is 17.7. The van der Waals surface area contributed by atoms with Gasteiger partial charge in [0, 0.05) is 11.6 Å². The largest absolute Gasteiger partial charge is 0.376 e. The Morgan fingerprint density at radius 3 is 2.25 bits per heavy atom. The van der Waals surface area contributed by atoms with Crippen molar-refractivity contribution >= 4 is 46.2 Å². The summed E-state index contributed by atoms with van der Waals surface area (Å²) >= 11 is 13.8. The molecule has 0 spiro atoms. The van der Waals surface area contributed by atoms with E-state index in [9.17, 15) is 22.7 Å². The van der Waals surface area contributed by atoms with Crippen LogP contribution in [0.2, 0.25) is 0 Å². The normalized spacial score (nSPS) is 23.1. The molecular weight excluding hydrogens is 345 g/mol. The summed E-state index contributed by atoms with van der Waals surface area (Å²) in [6.45, 7) is 0. The van der Waals surface area contributed by atoms with Crippen LogP contribution in [-0.2, 0) is 0 Å². The summed E-state index contributed by atoms with van der Waals surface area (Å²) in [5.41, 5.74) is 3.07. The molecule has 116 valence electrons. The zero-order chi connectivity index (χ0) is 15.8. The van der Waals surface area contributed by atoms with Crippen molar-refractivity contribution in [2.75, 3.05) is 0 Å². The number of nitrogens with two attached hydrogens (primary N) is 1. The quantitative estimate of drug-likeness (QED) is 0.313. The zero-order valence-electron chi connectivity index (χ0n) is 9.85. The van der Waals surface area contributed by atoms with E-state index in [-0.39, 0.29) is 30.1 Å². The molecule has 4 nitrogen and oxygen atoms in total. The molecule has 0 amide bonds. The van der Waals surface area contributed by atoms with Gasteiger partial charge in [0.15, 0.2) is 5.11 Å². The van der Waals surface area contributed by atoms with Crippen molar-refractivity contribution in [2.45, 2.75) is 35.6 Å². The van der Waals surface area contributed by atoms with Crippen LogP contribution >= 0.6 is 35.4 Å². The lowest BCUT2D eigenvalue weighted by Crippen LogP contribution is -2.61. The molecule has 1 saturated carbocycles. The molecule has 1 aliphatic carbocycles. The number of thiocarbonyl (C=S) groups is 1. The van der Waals surface area contributed by atoms with Crippen LogP contribution in [0.3, 0.4) is 0 Å². The highest BCUT2D eigenvalue weighted by atomic mass is 35.5. The van der Waals surface area contributed by atoms with Crippen molar-refractivity contribution in [3.05, 3.63) is 0 Å². The Labute approximate surface area is 127 Å². The van der Waals surface area contributed by atoms with Gasteiger partial charge in [-0.1, -0.05) is 0 Å². The number of hydrogen-bond acceptors (Lipinski definition) is 3. The summed E-state index contributed by atoms with van der Waals surface area (Å²) in [4.78, 5) is 0. The second-order valence-corrected chi connectivity index (χ2v) is 5.68. The van der Waals surface area contributed by atoms with Crippen LogP contribution in [0.4, 0.5) is 17.6 Å². The highest BCUT2D eigenvalue weighted by Crippen LogP contribution is 2.53. The highest BCUT2D eigenvalue weighted by Gasteiger charge is 2.71. The molecule has 11 heteroatoms. The summed E-state index contributed by atoms with van der Waals surface area (Å²) in [5, 5.41) is 3.75. The molecule has 0 radical (unpaired) electrons. The van der Waals surface area contributed by atoms with Gasteiger partial charge in [-0.05, 0) is 54.7 Å². The number of nitrogens with one attached hydrogen (secondary N) is 1. The molecule has 1 aliphatic rings. The molecule has 0 unspecified atom stereocenters. The minimum absolute atomic E-state index is 0.0997. The Bertz CT molecular complexity index is 410. The van der Waals surface area contributed by atoms with Gasteiger partial charge in [0.25, 0.3) is 0 Å². The fourth-order valence-electron chi connectivity index (χ4n) is 2.09. The van der Waals surface area contributed by atoms with E-state index in [0.717, 1.165) is 0 Å². The minimum atomic E-state index is -4.66. The first-order chi connectivity index (χ1) is 8.91. The van der Waals surface area contributed by atoms with Crippen LogP contribution in [0.25, 0.3) is 0 Å². The van der Waals surface area contributed by atoms with Crippen molar-refractivity contribution in [3.63, 3.8) is 0 Å². The van der Waals surface area contributed by atoms with Crippen LogP contribution in [-0.4, -0.2) is 32.3 Å². The molecule has 0 saturated heterocycles. The average molecular weight is 356 g/mol. The standard InChI is InChI=1S/C9H11Cl2F4N3OS/c10-8(12,13)7(19,9(11,14)15)4-2-1-3-5(4)17-18-6(16)20/h4,19H,1-3H2,(H3,16,18,20)/b17-5+/t4-/m0/s1. The molecule has 1 fully saturated rings. The first-order valence-corrected chi connectivity index (χ1v) is 6.55. The summed E-state index contributed by atoms with van der Waals surface area (Å²) in [6, 6.07) is 0. The van der Waals surface area contributed by atoms with Gasteiger partial charge in [-0.2, -0.15) is 22.7 Å². The maximum absolute atomic E-state index is 13.3. The lowest BCUT2D eigenvalue weighted by molar-refractivity contribution is -0.232. The Morgan fingerprint density at radius 1 is 1.35 bits per heavy atom. The smallest absolute Gasteiger partial charge is 0.357 e. The van der Waals surface area contributed by atoms with Crippen molar-refractivity contribution in [2.24, 2.45) is 16.8 Å². The van der Waals surface area contributed by atoms with E-state index in [1.165, 1.54) is 0 Å². The van der Waals surface area contributed by atoms with Crippen LogP contribution < -0.4 is 11.2 Å². The Hall–Kier alpha value is -0.380. The van der Waals surface area contributed by atoms with Crippen molar-refractivity contribution in [1.29, 1.82) is 0 Å². The molecule has 1 atom stereocenters. The number of hydrazone groups is 1. The SMILES string of the molecule is NC(=S)N/N=C1\CCC[C@@H]1C(O)(C(F)(F)Cl)C(F)(F)Cl. The number of halogens is 6. The second-order valence-electron chi connectivity index (χ2n) is 4.29. The van der Waals surface area contributed by atoms with Crippen LogP contribution in [0.5, 0.6) is 0 Å². The van der Waals surface area contributed by atoms with Gasteiger partial charge >= 0.3 is 10.8 Å². The van der Waals surface area contributed by atoms with Crippen molar-refractivity contribution in [3.8, 4) is 0 Å². The van der Waals surface area contributed by atoms with Gasteiger partial charge in [-0.25, -0.2) is 0 Å². The summed E-state index contributed by atoms with van der Waals surface area (Å²) in [5.74, 6) is -1.73. The molecular formula is C9H11Cl2F4N3OS. The van der Waals surface area contributed by atoms with Gasteiger partial charge in [-0.15, -0.1) is 0 Å². The van der Waals surface area contributed by atoms with Gasteiger partial charge in [-0.3, -0.25) is 5.43 Å². The predicted molar refractivity (Wildman–Crippen MR) is 71.2 cm³/mol. The van der Waals surface area contributed by atoms with Gasteiger partial charge in [0.1, 0.15) is 0 Å². The average Bonchev–Trinajstić information content (AvgIpc) is 2.70. The van der Waals surface area contributed by atoms with E-state index in [4.69, 9.17) is 5.73 Å². The lowest BCUT2D eigenvalue weighted by atomic mass is 9.85. The third kappa shape index (κ3) is 3.26. The fraction of sp³-hybridized carbons (Fsp3) is 0.778. The van der Waals surface area contributed by atoms with Gasteiger partial charge in [0.05, 0.1) is 0 Å². The minimum Gasteiger partial charge on any atom is -0.376 e. The molecule has 0 aromatic heterocycles. The summed E-state index contributed by atoms with van der Waals surface area (Å²) < 4.78 is 53.3. The number of nitrogens with zero attached hydrogens (tertiary/aromatic N) is 1. The molecule has 0 heterocycles. The third-order valence-corrected chi connectivity index (χ3v) is 3.67. The molecule has 0 bridgehead atoms. The van der Waals surface area contributed by atoms with Crippen LogP contribution in [0.15, 0.2) is 5.10 Å². The first-order valence-electron chi connectivity index (χ1n) is 5.39. The van der Waals surface area contributed by atoms with Gasteiger partial charge in [0.2, 0.25) is 5.60 Å². The summed E-state index contributed by atoms with van der Waals surface area (Å²) in [7, 11) is 0. The summed E-state index contributed by atoms with van der Waals surface area (Å²) in [6.07, 6.45) is 0.173. The van der Waals surface area contributed by atoms with E-state index in [1.807, 2.05) is 0 Å². The number of aliphatic hydroxyl groups is 1. The van der Waals surface area contributed by atoms with E-state index in [2.05, 4.69) is 45.9 Å². The van der Waals surface area contributed by atoms with Crippen LogP contribution in [0, 0.1) is 5.92 Å². The van der Waals surface area contributed by atoms with Crippen molar-refractivity contribution < 1.29 is 22.7 Å². The zero-order valence-corrected chi connectivity index (χ0v) is 12.2. The maximum Gasteiger partial charge on any atom is 0.357 e. The molecule has 0 aromatic rings. The number of hydrogen-bond donors (Lipinski definition) is 3. The Morgan fingerprint density at radius 2 is 1.85 bits per heavy atom. The molecule has 0 aliphatic heterocycles. The van der Waals surface area contributed by atoms with E-state index < -0.39 is 22.3 Å². The van der Waals surface area contributed by atoms with Crippen LogP contribution in [0.1, 0.15) is 19.3 Å². The number of rotatable bonds is 4. The Balaban J connectivity index is 3.21.